The smallest absolute Gasteiger partial charge is 0.366 e. The van der Waals surface area contributed by atoms with E-state index >= 15 is 0 Å². The van der Waals surface area contributed by atoms with Crippen LogP contribution in [0.25, 0.3) is 0 Å². The zero-order chi connectivity index (χ0) is 7.40. The molecule has 0 bridgehead atoms. The zero-order valence-electron chi connectivity index (χ0n) is 4.90. The van der Waals surface area contributed by atoms with Crippen molar-refractivity contribution >= 4 is 12.4 Å². The van der Waals surface area contributed by atoms with Crippen LogP contribution < -0.4 is 0 Å². The van der Waals surface area contributed by atoms with Crippen LogP contribution in [0.15, 0.2) is 12.3 Å². The first-order chi connectivity index (χ1) is 4.84. The first kappa shape index (κ1) is 6.47. The van der Waals surface area contributed by atoms with Gasteiger partial charge in [0, 0.05) is 6.20 Å². The fourth-order valence-electron chi connectivity index (χ4n) is 0.478. The Morgan fingerprint density at radius 3 is 3.10 bits per heavy atom. The van der Waals surface area contributed by atoms with Crippen molar-refractivity contribution in [2.45, 2.75) is 0 Å². The predicted octanol–water partition coefficient (Wildman–Crippen LogP) is -0.277. The molecule has 5 nitrogen and oxygen atoms in total. The third-order valence-electron chi connectivity index (χ3n) is 0.865. The molecule has 10 heavy (non-hydrogen) atoms. The molecule has 52 valence electrons. The molecule has 0 aliphatic carbocycles. The normalized spacial score (nSPS) is 8.80. The minimum absolute atomic E-state index is 0.0665. The van der Waals surface area contributed by atoms with Gasteiger partial charge in [-0.1, -0.05) is 0 Å². The van der Waals surface area contributed by atoms with Crippen LogP contribution in [0.5, 0.6) is 0 Å². The van der Waals surface area contributed by atoms with E-state index in [1.54, 1.807) is 0 Å². The Labute approximate surface area is 56.0 Å². The number of H-pyrrole nitrogens is 1. The summed E-state index contributed by atoms with van der Waals surface area (Å²) in [6.07, 6.45) is 1.46. The molecule has 1 aromatic rings. The number of esters is 1. The van der Waals surface area contributed by atoms with E-state index in [9.17, 15) is 9.59 Å². The Bertz CT molecular complexity index is 229. The number of ether oxygens (including phenoxy) is 1. The molecule has 0 aliphatic rings. The monoisotopic (exact) mass is 140 g/mol. The van der Waals surface area contributed by atoms with E-state index in [1.165, 1.54) is 12.3 Å². The van der Waals surface area contributed by atoms with Crippen molar-refractivity contribution in [2.24, 2.45) is 0 Å². The minimum Gasteiger partial charge on any atom is -0.391 e. The quantitative estimate of drug-likeness (QED) is 0.348. The van der Waals surface area contributed by atoms with Crippen LogP contribution in [0.2, 0.25) is 0 Å². The number of nitrogens with zero attached hydrogens (tertiary/aromatic N) is 1. The highest BCUT2D eigenvalue weighted by molar-refractivity contribution is 5.90. The minimum atomic E-state index is -0.753. The largest absolute Gasteiger partial charge is 0.391 e. The maximum atomic E-state index is 10.6. The number of aromatic amines is 1. The van der Waals surface area contributed by atoms with Gasteiger partial charge >= 0.3 is 12.4 Å². The maximum absolute atomic E-state index is 10.6. The Hall–Kier alpha value is -1.65. The number of hydrogen-bond acceptors (Lipinski definition) is 4. The van der Waals surface area contributed by atoms with Crippen molar-refractivity contribution in [3.63, 3.8) is 0 Å². The van der Waals surface area contributed by atoms with Crippen molar-refractivity contribution in [3.8, 4) is 0 Å². The van der Waals surface area contributed by atoms with Gasteiger partial charge in [0.2, 0.25) is 0 Å². The van der Waals surface area contributed by atoms with E-state index < -0.39 is 5.97 Å². The van der Waals surface area contributed by atoms with E-state index in [1.807, 2.05) is 0 Å². The molecule has 0 saturated carbocycles. The summed E-state index contributed by atoms with van der Waals surface area (Å²) in [5.74, 6) is -0.753. The third kappa shape index (κ3) is 1.19. The van der Waals surface area contributed by atoms with Gasteiger partial charge in [0.15, 0.2) is 5.69 Å². The fourth-order valence-corrected chi connectivity index (χ4v) is 0.478. The molecule has 0 spiro atoms. The van der Waals surface area contributed by atoms with Crippen molar-refractivity contribution in [1.82, 2.24) is 10.2 Å². The molecule has 1 rings (SSSR count). The molecule has 1 heterocycles. The molecule has 0 unspecified atom stereocenters. The second-order valence-corrected chi connectivity index (χ2v) is 1.46. The molecule has 0 radical (unpaired) electrons. The highest BCUT2D eigenvalue weighted by Crippen LogP contribution is 1.92. The number of carbonyl (C=O) groups excluding carboxylic acids is 2. The molecular formula is C5H4N2O3. The van der Waals surface area contributed by atoms with E-state index in [4.69, 9.17) is 0 Å². The van der Waals surface area contributed by atoms with E-state index in [-0.39, 0.29) is 12.2 Å². The van der Waals surface area contributed by atoms with Crippen LogP contribution in [-0.4, -0.2) is 22.6 Å². The van der Waals surface area contributed by atoms with Crippen LogP contribution in [0.4, 0.5) is 0 Å². The van der Waals surface area contributed by atoms with Crippen molar-refractivity contribution in [3.05, 3.63) is 18.0 Å². The van der Waals surface area contributed by atoms with Gasteiger partial charge in [-0.2, -0.15) is 5.10 Å². The molecule has 0 aromatic carbocycles. The lowest BCUT2D eigenvalue weighted by atomic mass is 10.4. The van der Waals surface area contributed by atoms with Gasteiger partial charge < -0.3 is 4.74 Å². The Morgan fingerprint density at radius 1 is 1.80 bits per heavy atom. The number of aromatic nitrogens is 2. The average Bonchev–Trinajstić information content (AvgIpc) is 2.38. The number of rotatable bonds is 2. The molecule has 0 fully saturated rings. The van der Waals surface area contributed by atoms with Gasteiger partial charge in [0.1, 0.15) is 0 Å². The summed E-state index contributed by atoms with van der Waals surface area (Å²) in [4.78, 5) is 20.2. The first-order valence-corrected chi connectivity index (χ1v) is 2.49. The molecule has 5 heteroatoms. The van der Waals surface area contributed by atoms with Crippen molar-refractivity contribution in [1.29, 1.82) is 0 Å². The molecule has 1 aromatic heterocycles. The Balaban J connectivity index is 2.68. The van der Waals surface area contributed by atoms with Gasteiger partial charge in [0.25, 0.3) is 0 Å². The lowest BCUT2D eigenvalue weighted by Crippen LogP contribution is -2.03. The second kappa shape index (κ2) is 2.77. The summed E-state index contributed by atoms with van der Waals surface area (Å²) >= 11 is 0. The van der Waals surface area contributed by atoms with E-state index in [0.29, 0.717) is 0 Å². The predicted molar refractivity (Wildman–Crippen MR) is 30.1 cm³/mol. The maximum Gasteiger partial charge on any atom is 0.366 e. The average molecular weight is 140 g/mol. The summed E-state index contributed by atoms with van der Waals surface area (Å²) in [7, 11) is 0. The van der Waals surface area contributed by atoms with Crippen LogP contribution >= 0.6 is 0 Å². The fraction of sp³-hybridized carbons (Fsp3) is 0. The molecule has 1 N–H and O–H groups in total. The number of carbonyl (C=O) groups is 2. The molecule has 0 amide bonds. The summed E-state index contributed by atoms with van der Waals surface area (Å²) in [6.45, 7) is 0.0665. The van der Waals surface area contributed by atoms with Gasteiger partial charge in [0.05, 0.1) is 0 Å². The summed E-state index contributed by atoms with van der Waals surface area (Å²) in [5, 5.41) is 5.88. The molecule has 0 aliphatic heterocycles. The zero-order valence-corrected chi connectivity index (χ0v) is 4.90. The Kier molecular flexibility index (Phi) is 1.79. The van der Waals surface area contributed by atoms with E-state index in [0.717, 1.165) is 0 Å². The molecule has 0 atom stereocenters. The standard InChI is InChI=1S/C5H4N2O3/c8-3-10-5(9)4-1-2-6-7-4/h1-3H,(H,6,7). The summed E-state index contributed by atoms with van der Waals surface area (Å²) in [5.41, 5.74) is 0.0899. The summed E-state index contributed by atoms with van der Waals surface area (Å²) < 4.78 is 3.98. The van der Waals surface area contributed by atoms with Crippen LogP contribution in [0.3, 0.4) is 0 Å². The van der Waals surface area contributed by atoms with Crippen LogP contribution in [0, 0.1) is 0 Å². The first-order valence-electron chi connectivity index (χ1n) is 2.49. The van der Waals surface area contributed by atoms with Gasteiger partial charge in [-0.05, 0) is 6.07 Å². The van der Waals surface area contributed by atoms with Crippen LogP contribution in [-0.2, 0) is 9.53 Å². The van der Waals surface area contributed by atoms with E-state index in [2.05, 4.69) is 14.9 Å². The topological polar surface area (TPSA) is 72.1 Å². The van der Waals surface area contributed by atoms with Crippen molar-refractivity contribution < 1.29 is 14.3 Å². The highest BCUT2D eigenvalue weighted by Gasteiger charge is 2.06. The third-order valence-corrected chi connectivity index (χ3v) is 0.865. The summed E-state index contributed by atoms with van der Waals surface area (Å²) in [6, 6.07) is 1.41. The molecule has 0 saturated heterocycles. The van der Waals surface area contributed by atoms with Gasteiger partial charge in [-0.25, -0.2) is 4.79 Å². The number of hydrogen-bond donors (Lipinski definition) is 1. The number of nitrogens with one attached hydrogen (secondary N) is 1. The SMILES string of the molecule is O=COC(=O)c1cc[nH]n1. The van der Waals surface area contributed by atoms with Crippen LogP contribution in [0.1, 0.15) is 10.5 Å². The molecular weight excluding hydrogens is 136 g/mol. The van der Waals surface area contributed by atoms with Crippen molar-refractivity contribution in [2.75, 3.05) is 0 Å². The Morgan fingerprint density at radius 2 is 2.60 bits per heavy atom. The lowest BCUT2D eigenvalue weighted by molar-refractivity contribution is -0.123. The van der Waals surface area contributed by atoms with Gasteiger partial charge in [-0.15, -0.1) is 0 Å². The van der Waals surface area contributed by atoms with Gasteiger partial charge in [-0.3, -0.25) is 9.89 Å². The lowest BCUT2D eigenvalue weighted by Gasteiger charge is -1.87. The second-order valence-electron chi connectivity index (χ2n) is 1.46. The highest BCUT2D eigenvalue weighted by atomic mass is 16.6.